The monoisotopic (exact) mass is 1550 g/mol. The smallest absolute Gasteiger partial charge is 0.330 e. The maximum atomic E-state index is 16.2. The second-order valence-corrected chi connectivity index (χ2v) is 28.7. The summed E-state index contributed by atoms with van der Waals surface area (Å²) in [6, 6.07) is -0.489. The fourth-order valence-electron chi connectivity index (χ4n) is 13.0. The summed E-state index contributed by atoms with van der Waals surface area (Å²) < 4.78 is 40.7. The molecule has 9 unspecified atom stereocenters. The van der Waals surface area contributed by atoms with Crippen molar-refractivity contribution in [1.29, 1.82) is 0 Å². The van der Waals surface area contributed by atoms with Crippen LogP contribution in [-0.2, 0) is 59.6 Å². The summed E-state index contributed by atoms with van der Waals surface area (Å²) in [4.78, 5) is 118. The number of halogens is 2. The lowest BCUT2D eigenvalue weighted by Gasteiger charge is -2.47. The molecule has 0 spiro atoms. The van der Waals surface area contributed by atoms with E-state index in [9.17, 15) is 69.9 Å². The Labute approximate surface area is 622 Å². The second kappa shape index (κ2) is 32.0. The number of rotatable bonds is 15. The Morgan fingerprint density at radius 2 is 1.38 bits per heavy atom. The van der Waals surface area contributed by atoms with E-state index in [0.29, 0.717) is 0 Å². The van der Waals surface area contributed by atoms with Gasteiger partial charge in [-0.2, -0.15) is 0 Å². The van der Waals surface area contributed by atoms with E-state index in [4.69, 9.17) is 63.1 Å². The van der Waals surface area contributed by atoms with E-state index >= 15 is 14.4 Å². The number of thioether (sulfide) groups is 1. The number of nitrogens with two attached hydrogens (primary N) is 2. The van der Waals surface area contributed by atoms with Gasteiger partial charge in [0.25, 0.3) is 0 Å². The number of likely N-dealkylation sites (N-methyl/N-ethyl adjacent to an activating group) is 1. The van der Waals surface area contributed by atoms with Crippen LogP contribution >= 0.6 is 35.0 Å². The van der Waals surface area contributed by atoms with Gasteiger partial charge in [-0.1, -0.05) is 67.0 Å². The minimum Gasteiger partial charge on any atom is -0.508 e. The number of aliphatic carboxylic acids is 1. The molecule has 7 aliphatic heterocycles. The van der Waals surface area contributed by atoms with Crippen LogP contribution in [0.3, 0.4) is 0 Å². The Bertz CT molecular complexity index is 4460. The summed E-state index contributed by atoms with van der Waals surface area (Å²) in [7, 11) is 3.02. The van der Waals surface area contributed by atoms with Crippen LogP contribution in [0.25, 0.3) is 11.1 Å². The van der Waals surface area contributed by atoms with Crippen molar-refractivity contribution in [2.75, 3.05) is 12.8 Å². The molecular weight excluding hydrogens is 1470 g/mol. The van der Waals surface area contributed by atoms with Crippen molar-refractivity contribution in [3.8, 4) is 57.1 Å². The van der Waals surface area contributed by atoms with Gasteiger partial charge in [0.05, 0.1) is 40.8 Å². The van der Waals surface area contributed by atoms with E-state index < -0.39 is 225 Å². The van der Waals surface area contributed by atoms with Gasteiger partial charge in [-0.25, -0.2) is 9.48 Å². The number of fused-ring (bicyclic) bond motifs is 15. The maximum Gasteiger partial charge on any atom is 0.330 e. The van der Waals surface area contributed by atoms with Gasteiger partial charge >= 0.3 is 5.97 Å². The maximum absolute atomic E-state index is 16.2. The van der Waals surface area contributed by atoms with Gasteiger partial charge in [-0.05, 0) is 121 Å². The quantitative estimate of drug-likeness (QED) is 0.0620. The summed E-state index contributed by atoms with van der Waals surface area (Å²) in [6.45, 7) is 6.68. The van der Waals surface area contributed by atoms with Gasteiger partial charge in [0.15, 0.2) is 29.9 Å². The number of hydrogen-bond acceptors (Lipinski definition) is 28. The predicted octanol–water partition coefficient (Wildman–Crippen LogP) is 0.430. The van der Waals surface area contributed by atoms with Crippen LogP contribution in [-0.4, -0.2) is 205 Å². The Morgan fingerprint density at radius 3 is 1.98 bits per heavy atom. The molecule has 0 radical (unpaired) electrons. The topological polar surface area (TPSA) is 554 Å². The van der Waals surface area contributed by atoms with E-state index in [1.54, 1.807) is 0 Å². The third-order valence-electron chi connectivity index (χ3n) is 18.6. The number of aliphatic hydroxyl groups is 5. The molecule has 572 valence electrons. The number of hydrogen-bond donors (Lipinski definition) is 18. The zero-order valence-corrected chi connectivity index (χ0v) is 59.9. The number of aryl methyl sites for hydroxylation is 1. The number of carboxylic acid groups (broad SMARTS) is 1. The standard InChI is InChI=1S/C68H77Cl2N13O23S/c1-24(2)13-35(73-5)59(93)78-50-52(88)27-8-11-39(33(69)15-27)102-41-17-29-18-42(56(41)106-66-57(105-45-22-68(4,72)58(92)25(3)101-45)55(91)54(90)43(104-66)23-107-67-80-81-82-83(67)6)103-40-12-9-28(16-34(40)70)53(89)51-64(98)77-49(65(99)100)32-19-30(84)20-38(86)46(32)31-14-26(7-10-37(31)85)47(61(95)79-51)76-62(96)48(29)75-60(94)36(21-44(71)87)74-63(50)97/h7-12,14-20,24-25,35-36,43,45,47-55,57-58,66,73,84-86,88-92H,13,21-23,72H2,1-6H3,(H2,71,87)(H,74,97)(H,75,94)(H,76,96)(H,77,98)(H,78,93)(H,79,95)(H,99,100)/t25?,35-,36+,43?,45?,47-,48-,49-,50-,51+,52-,53-,54?,55?,57?,58?,66?,68?/m1/s1. The number of aliphatic hydroxyl groups excluding tert-OH is 5. The highest BCUT2D eigenvalue weighted by Gasteiger charge is 2.52. The van der Waals surface area contributed by atoms with Crippen molar-refractivity contribution in [1.82, 2.24) is 57.4 Å². The predicted molar refractivity (Wildman–Crippen MR) is 372 cm³/mol. The van der Waals surface area contributed by atoms with E-state index in [1.807, 2.05) is 13.8 Å². The number of aromatic nitrogens is 4. The van der Waals surface area contributed by atoms with Gasteiger partial charge in [-0.3, -0.25) is 33.6 Å². The van der Waals surface area contributed by atoms with Gasteiger partial charge in [0.1, 0.15) is 83.4 Å². The zero-order valence-electron chi connectivity index (χ0n) is 57.6. The molecule has 1 aromatic heterocycles. The molecule has 13 rings (SSSR count). The number of aromatic hydroxyl groups is 3. The van der Waals surface area contributed by atoms with Crippen molar-refractivity contribution >= 4 is 82.3 Å². The van der Waals surface area contributed by atoms with E-state index in [-0.39, 0.29) is 62.9 Å². The number of ether oxygens (including phenoxy) is 6. The molecule has 8 heterocycles. The molecule has 36 nitrogen and oxygen atoms in total. The number of primary amides is 1. The molecule has 6 aromatic rings. The minimum atomic E-state index is -2.35. The average molecular weight is 1550 g/mol. The number of carboxylic acids is 1. The van der Waals surface area contributed by atoms with Crippen molar-refractivity contribution in [2.45, 2.75) is 161 Å². The number of benzene rings is 5. The first-order chi connectivity index (χ1) is 50.6. The van der Waals surface area contributed by atoms with E-state index in [0.717, 1.165) is 78.5 Å². The van der Waals surface area contributed by atoms with Gasteiger partial charge in [0, 0.05) is 47.5 Å². The molecule has 20 N–H and O–H groups in total. The van der Waals surface area contributed by atoms with Crippen LogP contribution < -0.4 is 62.9 Å². The summed E-state index contributed by atoms with van der Waals surface area (Å²) in [6.07, 6.45) is -18.1. The molecule has 11 bridgehead atoms. The van der Waals surface area contributed by atoms with Crippen LogP contribution in [0.1, 0.15) is 105 Å². The lowest BCUT2D eigenvalue weighted by Crippen LogP contribution is -2.64. The lowest BCUT2D eigenvalue weighted by molar-refractivity contribution is -0.329. The number of phenolic OH excluding ortho intramolecular Hbond substituents is 3. The number of nitrogens with zero attached hydrogens (tertiary/aromatic N) is 4. The van der Waals surface area contributed by atoms with Gasteiger partial charge in [-0.15, -0.1) is 5.10 Å². The lowest BCUT2D eigenvalue weighted by atomic mass is 9.86. The minimum absolute atomic E-state index is 0.100. The van der Waals surface area contributed by atoms with Crippen molar-refractivity contribution in [2.24, 2.45) is 24.4 Å². The number of tetrazole rings is 1. The third kappa shape index (κ3) is 16.9. The first-order valence-electron chi connectivity index (χ1n) is 33.3. The summed E-state index contributed by atoms with van der Waals surface area (Å²) in [5.74, 6) is -16.1. The molecule has 18 atom stereocenters. The molecule has 0 aliphatic carbocycles. The number of carbonyl (C=O) groups excluding carboxylic acids is 7. The Hall–Kier alpha value is -9.74. The number of nitrogens with one attached hydrogen (secondary N) is 7. The molecule has 7 aliphatic rings. The number of phenols is 3. The van der Waals surface area contributed by atoms with Gasteiger partial charge in [0.2, 0.25) is 58.5 Å². The summed E-state index contributed by atoms with van der Waals surface area (Å²) in [5.41, 5.74) is 8.16. The third-order valence-corrected chi connectivity index (χ3v) is 20.2. The normalized spacial score (nSPS) is 28.5. The first-order valence-corrected chi connectivity index (χ1v) is 35.0. The molecule has 5 aromatic carbocycles. The van der Waals surface area contributed by atoms with Crippen molar-refractivity contribution < 1.29 is 113 Å². The van der Waals surface area contributed by atoms with Crippen LogP contribution in [0.5, 0.6) is 46.0 Å². The Balaban J connectivity index is 1.16. The highest BCUT2D eigenvalue weighted by molar-refractivity contribution is 7.99. The molecule has 0 saturated carbocycles. The van der Waals surface area contributed by atoms with Crippen LogP contribution in [0.15, 0.2) is 84.0 Å². The Kier molecular flexibility index (Phi) is 23.4. The van der Waals surface area contributed by atoms with E-state index in [2.05, 4.69) is 52.7 Å². The summed E-state index contributed by atoms with van der Waals surface area (Å²) in [5, 5.41) is 133. The van der Waals surface area contributed by atoms with Crippen LogP contribution in [0.4, 0.5) is 0 Å². The SMILES string of the molecule is CN[C@H](CC(C)C)C(=O)N[C@H]1C(=O)N[C@@H](CC(N)=O)C(=O)N[C@H]2C(=O)N[C@H]3C(=O)N[C@H](C(=O)N[C@@H](C(=O)O)c4cc(O)cc(O)c4-c4cc3ccc4O)[C@H](O)c3ccc(c(Cl)c3)Oc3cc2cc(c3OC2OC(CSc3nnnn3C)C(O)C(O)C2OC2CC(C)(N)C(O)C(C)O2)Oc2ccc(cc2Cl)[C@H]1O. The van der Waals surface area contributed by atoms with Crippen LogP contribution in [0.2, 0.25) is 10.0 Å². The van der Waals surface area contributed by atoms with Crippen LogP contribution in [0, 0.1) is 5.92 Å². The number of carbonyl (C=O) groups is 8. The van der Waals surface area contributed by atoms with E-state index in [1.165, 1.54) is 44.8 Å². The van der Waals surface area contributed by atoms with Crippen molar-refractivity contribution in [3.05, 3.63) is 117 Å². The highest BCUT2D eigenvalue weighted by Crippen LogP contribution is 2.50. The molecular formula is C68H77Cl2N13O23S. The second-order valence-electron chi connectivity index (χ2n) is 26.9. The summed E-state index contributed by atoms with van der Waals surface area (Å²) >= 11 is 15.2. The number of amides is 7. The molecule has 39 heteroatoms. The fourth-order valence-corrected chi connectivity index (χ4v) is 14.3. The van der Waals surface area contributed by atoms with Gasteiger partial charge < -0.3 is 123 Å². The zero-order chi connectivity index (χ0) is 77.5. The fraction of sp³-hybridized carbons (Fsp3) is 0.426. The Morgan fingerprint density at radius 1 is 0.757 bits per heavy atom. The van der Waals surface area contributed by atoms with Crippen molar-refractivity contribution in [3.63, 3.8) is 0 Å². The largest absolute Gasteiger partial charge is 0.508 e. The first kappa shape index (κ1) is 78.3. The molecule has 7 amide bonds. The molecule has 2 fully saturated rings. The molecule has 107 heavy (non-hydrogen) atoms. The molecule has 2 saturated heterocycles. The average Bonchev–Trinajstić information content (AvgIpc) is 0.849. The highest BCUT2D eigenvalue weighted by atomic mass is 35.5.